The third-order valence-electron chi connectivity index (χ3n) is 6.23. The zero-order chi connectivity index (χ0) is 20.9. The van der Waals surface area contributed by atoms with Crippen LogP contribution in [0.15, 0.2) is 29.3 Å². The molecule has 3 aliphatic rings. The summed E-state index contributed by atoms with van der Waals surface area (Å²) in [4.78, 5) is 31.6. The highest BCUT2D eigenvalue weighted by Crippen LogP contribution is 2.45. The molecule has 2 aliphatic heterocycles. The SMILES string of the molecule is C[C@H]([C@@H]1C[C@H]1C(=O)N[C@H]1C[C@H](C)Oc2ccccc21)N1C(=O)CC(C)(C)N=C1N. The van der Waals surface area contributed by atoms with Crippen molar-refractivity contribution in [3.63, 3.8) is 0 Å². The van der Waals surface area contributed by atoms with Gasteiger partial charge in [-0.25, -0.2) is 4.99 Å². The molecule has 0 spiro atoms. The maximum atomic E-state index is 12.9. The monoisotopic (exact) mass is 398 g/mol. The molecule has 3 N–H and O–H groups in total. The number of rotatable bonds is 4. The summed E-state index contributed by atoms with van der Waals surface area (Å²) in [5, 5.41) is 3.21. The second kappa shape index (κ2) is 7.04. The zero-order valence-electron chi connectivity index (χ0n) is 17.5. The van der Waals surface area contributed by atoms with Gasteiger partial charge in [0.1, 0.15) is 5.75 Å². The van der Waals surface area contributed by atoms with E-state index < -0.39 is 5.54 Å². The molecule has 7 nitrogen and oxygen atoms in total. The van der Waals surface area contributed by atoms with Gasteiger partial charge in [-0.2, -0.15) is 0 Å². The molecule has 5 atom stereocenters. The summed E-state index contributed by atoms with van der Waals surface area (Å²) in [5.41, 5.74) is 6.65. The largest absolute Gasteiger partial charge is 0.490 e. The lowest BCUT2D eigenvalue weighted by Crippen LogP contribution is -2.54. The van der Waals surface area contributed by atoms with Gasteiger partial charge in [0.25, 0.3) is 0 Å². The maximum absolute atomic E-state index is 12.9. The van der Waals surface area contributed by atoms with Crippen molar-refractivity contribution in [2.24, 2.45) is 22.6 Å². The minimum Gasteiger partial charge on any atom is -0.490 e. The van der Waals surface area contributed by atoms with E-state index in [2.05, 4.69) is 10.3 Å². The van der Waals surface area contributed by atoms with Gasteiger partial charge in [0.05, 0.1) is 24.1 Å². The van der Waals surface area contributed by atoms with Gasteiger partial charge in [-0.05, 0) is 46.1 Å². The molecule has 0 bridgehead atoms. The molecule has 0 aromatic heterocycles. The van der Waals surface area contributed by atoms with Crippen LogP contribution in [0, 0.1) is 11.8 Å². The second-order valence-electron chi connectivity index (χ2n) is 9.23. The number of hydrogen-bond acceptors (Lipinski definition) is 5. The maximum Gasteiger partial charge on any atom is 0.231 e. The number of benzene rings is 1. The Balaban J connectivity index is 1.42. The topological polar surface area (TPSA) is 97.0 Å². The van der Waals surface area contributed by atoms with Crippen molar-refractivity contribution >= 4 is 17.8 Å². The molecule has 0 saturated heterocycles. The Morgan fingerprint density at radius 3 is 2.79 bits per heavy atom. The van der Waals surface area contributed by atoms with Gasteiger partial charge in [-0.15, -0.1) is 0 Å². The van der Waals surface area contributed by atoms with Gasteiger partial charge in [-0.3, -0.25) is 14.5 Å². The summed E-state index contributed by atoms with van der Waals surface area (Å²) in [5.74, 6) is 1.11. The van der Waals surface area contributed by atoms with Crippen LogP contribution in [-0.4, -0.2) is 40.4 Å². The molecule has 1 fully saturated rings. The van der Waals surface area contributed by atoms with E-state index in [4.69, 9.17) is 10.5 Å². The summed E-state index contributed by atoms with van der Waals surface area (Å²) in [6.07, 6.45) is 1.88. The molecule has 1 aromatic carbocycles. The molecule has 1 aliphatic carbocycles. The van der Waals surface area contributed by atoms with E-state index in [1.165, 1.54) is 0 Å². The van der Waals surface area contributed by atoms with Crippen molar-refractivity contribution in [2.75, 3.05) is 0 Å². The lowest BCUT2D eigenvalue weighted by molar-refractivity contribution is -0.131. The minimum absolute atomic E-state index is 0.0201. The van der Waals surface area contributed by atoms with Gasteiger partial charge < -0.3 is 15.8 Å². The third-order valence-corrected chi connectivity index (χ3v) is 6.23. The van der Waals surface area contributed by atoms with Crippen LogP contribution < -0.4 is 15.8 Å². The van der Waals surface area contributed by atoms with Gasteiger partial charge in [0.15, 0.2) is 5.96 Å². The molecule has 1 aromatic rings. The third kappa shape index (κ3) is 3.82. The smallest absolute Gasteiger partial charge is 0.231 e. The number of hydrogen-bond donors (Lipinski definition) is 2. The quantitative estimate of drug-likeness (QED) is 0.814. The van der Waals surface area contributed by atoms with Crippen molar-refractivity contribution in [2.45, 2.75) is 70.7 Å². The van der Waals surface area contributed by atoms with E-state index >= 15 is 0 Å². The highest BCUT2D eigenvalue weighted by atomic mass is 16.5. The number of guanidine groups is 1. The van der Waals surface area contributed by atoms with Gasteiger partial charge >= 0.3 is 0 Å². The van der Waals surface area contributed by atoms with Crippen LogP contribution in [0.5, 0.6) is 5.75 Å². The van der Waals surface area contributed by atoms with Crippen molar-refractivity contribution in [1.82, 2.24) is 10.2 Å². The molecule has 156 valence electrons. The van der Waals surface area contributed by atoms with Crippen molar-refractivity contribution in [3.05, 3.63) is 29.8 Å². The summed E-state index contributed by atoms with van der Waals surface area (Å²) in [6, 6.07) is 7.66. The van der Waals surface area contributed by atoms with E-state index in [-0.39, 0.29) is 47.8 Å². The molecule has 2 amide bonds. The number of carbonyl (C=O) groups is 2. The van der Waals surface area contributed by atoms with Crippen LogP contribution in [0.1, 0.15) is 58.6 Å². The second-order valence-corrected chi connectivity index (χ2v) is 9.23. The number of ether oxygens (including phenoxy) is 1. The number of para-hydroxylation sites is 1. The lowest BCUT2D eigenvalue weighted by Gasteiger charge is -2.36. The van der Waals surface area contributed by atoms with Crippen molar-refractivity contribution < 1.29 is 14.3 Å². The number of carbonyl (C=O) groups excluding carboxylic acids is 2. The first-order chi connectivity index (χ1) is 13.7. The van der Waals surface area contributed by atoms with Crippen LogP contribution in [0.3, 0.4) is 0 Å². The average Bonchev–Trinajstić information content (AvgIpc) is 3.40. The molecule has 7 heteroatoms. The minimum atomic E-state index is -0.467. The Kier molecular flexibility index (Phi) is 4.79. The molecule has 29 heavy (non-hydrogen) atoms. The highest BCUT2D eigenvalue weighted by Gasteiger charge is 2.51. The number of aliphatic imine (C=N–C) groups is 1. The van der Waals surface area contributed by atoms with Gasteiger partial charge in [-0.1, -0.05) is 18.2 Å². The van der Waals surface area contributed by atoms with E-state index in [0.29, 0.717) is 6.42 Å². The number of amides is 2. The van der Waals surface area contributed by atoms with E-state index in [0.717, 1.165) is 24.2 Å². The molecule has 0 unspecified atom stereocenters. The van der Waals surface area contributed by atoms with E-state index in [9.17, 15) is 9.59 Å². The Labute approximate surface area is 171 Å². The van der Waals surface area contributed by atoms with Crippen molar-refractivity contribution in [3.8, 4) is 5.75 Å². The molecule has 0 radical (unpaired) electrons. The summed E-state index contributed by atoms with van der Waals surface area (Å²) in [6.45, 7) is 7.78. The first kappa shape index (κ1) is 19.7. The van der Waals surface area contributed by atoms with Crippen LogP contribution in [-0.2, 0) is 9.59 Å². The van der Waals surface area contributed by atoms with Crippen molar-refractivity contribution in [1.29, 1.82) is 0 Å². The predicted molar refractivity (Wildman–Crippen MR) is 110 cm³/mol. The summed E-state index contributed by atoms with van der Waals surface area (Å²) < 4.78 is 5.88. The number of nitrogens with two attached hydrogens (primary N) is 1. The first-order valence-corrected chi connectivity index (χ1v) is 10.4. The van der Waals surface area contributed by atoms with E-state index in [1.54, 1.807) is 4.90 Å². The number of nitrogens with zero attached hydrogens (tertiary/aromatic N) is 2. The average molecular weight is 399 g/mol. The highest BCUT2D eigenvalue weighted by molar-refractivity contribution is 5.99. The Morgan fingerprint density at radius 2 is 2.07 bits per heavy atom. The molecular weight excluding hydrogens is 368 g/mol. The molecular formula is C22H30N4O3. The van der Waals surface area contributed by atoms with Crippen LogP contribution in [0.2, 0.25) is 0 Å². The van der Waals surface area contributed by atoms with Crippen LogP contribution in [0.4, 0.5) is 0 Å². The Hall–Kier alpha value is -2.57. The molecule has 1 saturated carbocycles. The van der Waals surface area contributed by atoms with Gasteiger partial charge in [0.2, 0.25) is 11.8 Å². The standard InChI is InChI=1S/C22H30N4O3/c1-12-9-17(14-7-5-6-8-18(14)29-12)24-20(28)16-10-15(16)13(2)26-19(27)11-22(3,4)25-21(26)23/h5-8,12-13,15-17H,9-11H2,1-4H3,(H2,23,25)(H,24,28)/t12-,13+,15-,16+,17-/m0/s1. The molecule has 4 rings (SSSR count). The fourth-order valence-electron chi connectivity index (χ4n) is 4.68. The Morgan fingerprint density at radius 1 is 1.34 bits per heavy atom. The molecule has 2 heterocycles. The summed E-state index contributed by atoms with van der Waals surface area (Å²) in [7, 11) is 0. The normalized spacial score (nSPS) is 31.2. The number of nitrogens with one attached hydrogen (secondary N) is 1. The van der Waals surface area contributed by atoms with E-state index in [1.807, 2.05) is 52.0 Å². The first-order valence-electron chi connectivity index (χ1n) is 10.4. The predicted octanol–water partition coefficient (Wildman–Crippen LogP) is 2.37. The fourth-order valence-corrected chi connectivity index (χ4v) is 4.68. The summed E-state index contributed by atoms with van der Waals surface area (Å²) >= 11 is 0. The van der Waals surface area contributed by atoms with Crippen LogP contribution in [0.25, 0.3) is 0 Å². The fraction of sp³-hybridized carbons (Fsp3) is 0.591. The lowest BCUT2D eigenvalue weighted by atomic mass is 9.96. The number of fused-ring (bicyclic) bond motifs is 1. The zero-order valence-corrected chi connectivity index (χ0v) is 17.5. The Bertz CT molecular complexity index is 865. The van der Waals surface area contributed by atoms with Gasteiger partial charge in [0, 0.05) is 23.9 Å². The van der Waals surface area contributed by atoms with Crippen LogP contribution >= 0.6 is 0 Å².